The molecule has 1 rings (SSSR count). The van der Waals surface area contributed by atoms with Crippen molar-refractivity contribution in [3.05, 3.63) is 11.9 Å². The number of nitrogens with zero attached hydrogens (tertiary/aromatic N) is 2. The molecule has 96 valence electrons. The first-order chi connectivity index (χ1) is 8.11. The van der Waals surface area contributed by atoms with Crippen molar-refractivity contribution in [3.8, 4) is 5.75 Å². The van der Waals surface area contributed by atoms with Gasteiger partial charge in [-0.2, -0.15) is 5.10 Å². The van der Waals surface area contributed by atoms with E-state index in [1.54, 1.807) is 10.9 Å². The smallest absolute Gasteiger partial charge is 0.210 e. The molecule has 0 aliphatic heterocycles. The van der Waals surface area contributed by atoms with E-state index in [4.69, 9.17) is 9.47 Å². The summed E-state index contributed by atoms with van der Waals surface area (Å²) in [5.74, 6) is 0.408. The van der Waals surface area contributed by atoms with E-state index in [9.17, 15) is 4.79 Å². The molecule has 5 nitrogen and oxygen atoms in total. The van der Waals surface area contributed by atoms with Crippen LogP contribution in [0.1, 0.15) is 43.7 Å². The maximum absolute atomic E-state index is 12.0. The number of Topliss-reactive ketones (excluding diaryl/α,β-unsaturated/α-hetero) is 1. The third-order valence-electron chi connectivity index (χ3n) is 2.32. The average molecular weight is 240 g/mol. The molecule has 0 saturated carbocycles. The standard InChI is InChI=1S/C12H20N2O3/c1-5-6-17-8-10(15)12-11(16-4)7-13-14(12)9(2)3/h7,9H,5-6,8H2,1-4H3. The molecule has 0 aliphatic rings. The summed E-state index contributed by atoms with van der Waals surface area (Å²) in [5, 5.41) is 4.15. The number of ether oxygens (including phenoxy) is 2. The number of rotatable bonds is 7. The minimum Gasteiger partial charge on any atom is -0.493 e. The Kier molecular flexibility index (Phi) is 5.15. The van der Waals surface area contributed by atoms with Crippen molar-refractivity contribution in [1.29, 1.82) is 0 Å². The van der Waals surface area contributed by atoms with Gasteiger partial charge in [0.05, 0.1) is 13.3 Å². The van der Waals surface area contributed by atoms with Gasteiger partial charge in [0.25, 0.3) is 0 Å². The van der Waals surface area contributed by atoms with Crippen LogP contribution < -0.4 is 4.74 Å². The summed E-state index contributed by atoms with van der Waals surface area (Å²) < 4.78 is 12.1. The van der Waals surface area contributed by atoms with Crippen LogP contribution in [-0.4, -0.2) is 35.9 Å². The fraction of sp³-hybridized carbons (Fsp3) is 0.667. The van der Waals surface area contributed by atoms with E-state index in [1.807, 2.05) is 20.8 Å². The van der Waals surface area contributed by atoms with E-state index in [0.29, 0.717) is 18.1 Å². The number of hydrogen-bond acceptors (Lipinski definition) is 4. The molecule has 0 N–H and O–H groups in total. The zero-order valence-electron chi connectivity index (χ0n) is 10.9. The molecule has 0 aliphatic carbocycles. The third-order valence-corrected chi connectivity index (χ3v) is 2.32. The van der Waals surface area contributed by atoms with Crippen LogP contribution in [0.4, 0.5) is 0 Å². The summed E-state index contributed by atoms with van der Waals surface area (Å²) in [5.41, 5.74) is 0.485. The van der Waals surface area contributed by atoms with Gasteiger partial charge in [-0.15, -0.1) is 0 Å². The minimum absolute atomic E-state index is 0.0720. The highest BCUT2D eigenvalue weighted by molar-refractivity contribution is 5.98. The Morgan fingerprint density at radius 2 is 2.24 bits per heavy atom. The van der Waals surface area contributed by atoms with Crippen molar-refractivity contribution in [1.82, 2.24) is 9.78 Å². The zero-order chi connectivity index (χ0) is 12.8. The molecule has 0 saturated heterocycles. The number of aromatic nitrogens is 2. The molecule has 0 aromatic carbocycles. The van der Waals surface area contributed by atoms with Crippen molar-refractivity contribution in [3.63, 3.8) is 0 Å². The summed E-state index contributed by atoms with van der Waals surface area (Å²) in [7, 11) is 1.53. The number of methoxy groups -OCH3 is 1. The van der Waals surface area contributed by atoms with Crippen LogP contribution >= 0.6 is 0 Å². The van der Waals surface area contributed by atoms with Crippen LogP contribution in [0.3, 0.4) is 0 Å². The van der Waals surface area contributed by atoms with Crippen molar-refractivity contribution in [2.24, 2.45) is 0 Å². The van der Waals surface area contributed by atoms with Crippen LogP contribution in [0.2, 0.25) is 0 Å². The zero-order valence-corrected chi connectivity index (χ0v) is 10.9. The average Bonchev–Trinajstić information content (AvgIpc) is 2.72. The van der Waals surface area contributed by atoms with Gasteiger partial charge in [-0.05, 0) is 20.3 Å². The van der Waals surface area contributed by atoms with E-state index < -0.39 is 0 Å². The van der Waals surface area contributed by atoms with Gasteiger partial charge in [0.1, 0.15) is 12.3 Å². The van der Waals surface area contributed by atoms with E-state index >= 15 is 0 Å². The normalized spacial score (nSPS) is 10.9. The van der Waals surface area contributed by atoms with Crippen molar-refractivity contribution in [2.45, 2.75) is 33.2 Å². The molecule has 0 unspecified atom stereocenters. The Bertz CT molecular complexity index is 372. The molecule has 17 heavy (non-hydrogen) atoms. The van der Waals surface area contributed by atoms with E-state index in [1.165, 1.54) is 7.11 Å². The van der Waals surface area contributed by atoms with Gasteiger partial charge >= 0.3 is 0 Å². The first kappa shape index (κ1) is 13.7. The maximum atomic E-state index is 12.0. The molecule has 0 atom stereocenters. The molecular weight excluding hydrogens is 220 g/mol. The summed E-state index contributed by atoms with van der Waals surface area (Å²) in [6, 6.07) is 0.115. The summed E-state index contributed by atoms with van der Waals surface area (Å²) in [4.78, 5) is 12.0. The Morgan fingerprint density at radius 1 is 1.53 bits per heavy atom. The van der Waals surface area contributed by atoms with Crippen molar-refractivity contribution >= 4 is 5.78 Å². The fourth-order valence-electron chi connectivity index (χ4n) is 1.53. The number of hydrogen-bond donors (Lipinski definition) is 0. The van der Waals surface area contributed by atoms with Crippen LogP contribution in [0, 0.1) is 0 Å². The van der Waals surface area contributed by atoms with Gasteiger partial charge in [-0.3, -0.25) is 9.48 Å². The predicted molar refractivity (Wildman–Crippen MR) is 64.6 cm³/mol. The van der Waals surface area contributed by atoms with Crippen LogP contribution in [0.15, 0.2) is 6.20 Å². The Labute approximate surface area is 102 Å². The lowest BCUT2D eigenvalue weighted by Gasteiger charge is -2.11. The number of carbonyl (C=O) groups is 1. The molecule has 0 fully saturated rings. The first-order valence-electron chi connectivity index (χ1n) is 5.84. The topological polar surface area (TPSA) is 53.4 Å². The monoisotopic (exact) mass is 240 g/mol. The largest absolute Gasteiger partial charge is 0.493 e. The molecule has 0 bridgehead atoms. The molecule has 0 amide bonds. The van der Waals surface area contributed by atoms with Gasteiger partial charge in [-0.25, -0.2) is 0 Å². The summed E-state index contributed by atoms with van der Waals surface area (Å²) in [6.07, 6.45) is 2.46. The van der Waals surface area contributed by atoms with Gasteiger partial charge in [0.15, 0.2) is 5.75 Å². The number of carbonyl (C=O) groups excluding carboxylic acids is 1. The van der Waals surface area contributed by atoms with E-state index in [2.05, 4.69) is 5.10 Å². The molecule has 0 radical (unpaired) electrons. The minimum atomic E-state index is -0.0958. The lowest BCUT2D eigenvalue weighted by Crippen LogP contribution is -2.17. The molecule has 5 heteroatoms. The SMILES string of the molecule is CCCOCC(=O)c1c(OC)cnn1C(C)C. The van der Waals surface area contributed by atoms with E-state index in [0.717, 1.165) is 6.42 Å². The molecule has 1 aromatic rings. The van der Waals surface area contributed by atoms with E-state index in [-0.39, 0.29) is 18.4 Å². The van der Waals surface area contributed by atoms with Gasteiger partial charge < -0.3 is 9.47 Å². The quantitative estimate of drug-likeness (QED) is 0.541. The summed E-state index contributed by atoms with van der Waals surface area (Å²) in [6.45, 7) is 6.60. The highest BCUT2D eigenvalue weighted by Crippen LogP contribution is 2.21. The number of ketones is 1. The second-order valence-electron chi connectivity index (χ2n) is 4.08. The van der Waals surface area contributed by atoms with Crippen molar-refractivity contribution in [2.75, 3.05) is 20.3 Å². The van der Waals surface area contributed by atoms with Gasteiger partial charge in [0.2, 0.25) is 5.78 Å². The Balaban J connectivity index is 2.85. The van der Waals surface area contributed by atoms with Crippen LogP contribution in [0.25, 0.3) is 0 Å². The Morgan fingerprint density at radius 3 is 2.76 bits per heavy atom. The molecule has 0 spiro atoms. The van der Waals surface area contributed by atoms with Crippen LogP contribution in [0.5, 0.6) is 5.75 Å². The van der Waals surface area contributed by atoms with Crippen LogP contribution in [-0.2, 0) is 4.74 Å². The maximum Gasteiger partial charge on any atom is 0.210 e. The predicted octanol–water partition coefficient (Wildman–Crippen LogP) is 2.08. The fourth-order valence-corrected chi connectivity index (χ4v) is 1.53. The first-order valence-corrected chi connectivity index (χ1v) is 5.84. The highest BCUT2D eigenvalue weighted by Gasteiger charge is 2.20. The second kappa shape index (κ2) is 6.39. The Hall–Kier alpha value is -1.36. The van der Waals surface area contributed by atoms with Gasteiger partial charge in [0, 0.05) is 12.6 Å². The second-order valence-corrected chi connectivity index (χ2v) is 4.08. The summed E-state index contributed by atoms with van der Waals surface area (Å²) >= 11 is 0. The highest BCUT2D eigenvalue weighted by atomic mass is 16.5. The van der Waals surface area contributed by atoms with Crippen molar-refractivity contribution < 1.29 is 14.3 Å². The lowest BCUT2D eigenvalue weighted by molar-refractivity contribution is 0.0746. The molecular formula is C12H20N2O3. The molecule has 1 heterocycles. The molecule has 1 aromatic heterocycles. The third kappa shape index (κ3) is 3.30. The lowest BCUT2D eigenvalue weighted by atomic mass is 10.2. The van der Waals surface area contributed by atoms with Gasteiger partial charge in [-0.1, -0.05) is 6.92 Å².